The van der Waals surface area contributed by atoms with Crippen molar-refractivity contribution in [2.45, 2.75) is 475 Å². The number of ether oxygens (including phenoxy) is 1. The monoisotopic (exact) mass is 1210 g/mol. The van der Waals surface area contributed by atoms with Gasteiger partial charge in [-0.2, -0.15) is 0 Å². The van der Waals surface area contributed by atoms with Crippen LogP contribution in [0.2, 0.25) is 0 Å². The molecule has 3 N–H and O–H groups in total. The second-order valence-electron chi connectivity index (χ2n) is 27.8. The number of unbranched alkanes of at least 4 members (excludes halogenated alkanes) is 63. The number of hydrogen-bond donors (Lipinski definition) is 3. The van der Waals surface area contributed by atoms with Gasteiger partial charge in [0.25, 0.3) is 0 Å². The summed E-state index contributed by atoms with van der Waals surface area (Å²) in [6, 6.07) is -0.540. The third kappa shape index (κ3) is 71.7. The average Bonchev–Trinajstić information content (AvgIpc) is 3.58. The zero-order chi connectivity index (χ0) is 62.0. The van der Waals surface area contributed by atoms with E-state index < -0.39 is 12.1 Å². The maximum absolute atomic E-state index is 12.6. The summed E-state index contributed by atoms with van der Waals surface area (Å²) in [6.07, 6.45) is 95.9. The second kappa shape index (κ2) is 76.1. The lowest BCUT2D eigenvalue weighted by Crippen LogP contribution is -2.45. The minimum atomic E-state index is -0.663. The maximum Gasteiger partial charge on any atom is 0.305 e. The SMILES string of the molecule is CCCCCCCCCCCCCCCCCCCCCCCC(O)C(CO)NC(=O)CCCCCCCCCCCCCCCCCC/C=C\CCCCCCCCCCCCCCOC(=O)CCCCCCCCCCCCCCCCCC. The molecule has 0 aliphatic heterocycles. The molecule has 2 unspecified atom stereocenters. The van der Waals surface area contributed by atoms with Crippen molar-refractivity contribution in [2.75, 3.05) is 13.2 Å². The summed E-state index contributed by atoms with van der Waals surface area (Å²) in [4.78, 5) is 24.7. The van der Waals surface area contributed by atoms with Crippen molar-refractivity contribution in [3.63, 3.8) is 0 Å². The summed E-state index contributed by atoms with van der Waals surface area (Å²) in [5, 5.41) is 23.5. The standard InChI is InChI=1S/C80H157NO5/c1-3-5-7-9-11-13-15-17-19-21-22-35-38-41-44-48-52-56-60-64-68-72-78(83)77(76-82)81-79(84)73-69-65-61-57-53-49-45-42-39-36-33-31-29-27-25-23-24-26-28-30-32-34-37-40-43-47-51-55-59-63-67-71-75-86-80(85)74-70-66-62-58-54-50-46-20-18-16-14-12-10-8-6-4-2/h26,28,77-78,82-83H,3-25,27,29-76H2,1-2H3,(H,81,84)/b28-26-. The Bertz CT molecular complexity index is 1300. The Morgan fingerprint density at radius 1 is 0.314 bits per heavy atom. The van der Waals surface area contributed by atoms with Gasteiger partial charge >= 0.3 is 5.97 Å². The number of aliphatic hydroxyl groups is 2. The normalized spacial score (nSPS) is 12.5. The molecule has 0 heterocycles. The summed E-state index contributed by atoms with van der Waals surface area (Å²) in [5.41, 5.74) is 0. The molecule has 0 rings (SSSR count). The number of carbonyl (C=O) groups excluding carboxylic acids is 2. The molecule has 2 atom stereocenters. The van der Waals surface area contributed by atoms with Gasteiger partial charge in [0.05, 0.1) is 25.4 Å². The largest absolute Gasteiger partial charge is 0.466 e. The third-order valence-electron chi connectivity index (χ3n) is 19.1. The molecular weight excluding hydrogens is 1050 g/mol. The number of rotatable bonds is 76. The molecule has 0 saturated heterocycles. The lowest BCUT2D eigenvalue weighted by atomic mass is 10.0. The maximum atomic E-state index is 12.6. The van der Waals surface area contributed by atoms with Crippen molar-refractivity contribution in [3.05, 3.63) is 12.2 Å². The van der Waals surface area contributed by atoms with Gasteiger partial charge in [-0.25, -0.2) is 0 Å². The van der Waals surface area contributed by atoms with E-state index in [1.54, 1.807) is 0 Å². The van der Waals surface area contributed by atoms with E-state index in [1.807, 2.05) is 0 Å². The van der Waals surface area contributed by atoms with Crippen molar-refractivity contribution in [1.82, 2.24) is 5.32 Å². The third-order valence-corrected chi connectivity index (χ3v) is 19.1. The molecule has 1 amide bonds. The molecule has 0 aliphatic carbocycles. The van der Waals surface area contributed by atoms with E-state index in [-0.39, 0.29) is 18.5 Å². The average molecular weight is 1210 g/mol. The number of aliphatic hydroxyl groups excluding tert-OH is 2. The second-order valence-corrected chi connectivity index (χ2v) is 27.8. The van der Waals surface area contributed by atoms with Crippen molar-refractivity contribution >= 4 is 11.9 Å². The highest BCUT2D eigenvalue weighted by Gasteiger charge is 2.20. The summed E-state index contributed by atoms with van der Waals surface area (Å²) in [5.74, 6) is -0.00365. The lowest BCUT2D eigenvalue weighted by Gasteiger charge is -2.22. The van der Waals surface area contributed by atoms with Crippen molar-refractivity contribution < 1.29 is 24.5 Å². The van der Waals surface area contributed by atoms with Gasteiger partial charge in [0.2, 0.25) is 5.91 Å². The fourth-order valence-electron chi connectivity index (χ4n) is 13.0. The van der Waals surface area contributed by atoms with E-state index in [4.69, 9.17) is 4.74 Å². The first kappa shape index (κ1) is 84.6. The highest BCUT2D eigenvalue weighted by molar-refractivity contribution is 5.76. The van der Waals surface area contributed by atoms with Crippen LogP contribution in [-0.2, 0) is 14.3 Å². The molecule has 0 bridgehead atoms. The van der Waals surface area contributed by atoms with Gasteiger partial charge < -0.3 is 20.3 Å². The molecule has 6 nitrogen and oxygen atoms in total. The van der Waals surface area contributed by atoms with E-state index in [2.05, 4.69) is 31.3 Å². The fraction of sp³-hybridized carbons (Fsp3) is 0.950. The molecule has 0 aromatic rings. The predicted molar refractivity (Wildman–Crippen MR) is 380 cm³/mol. The number of allylic oxidation sites excluding steroid dienone is 2. The zero-order valence-electron chi connectivity index (χ0n) is 58.8. The number of carbonyl (C=O) groups is 2. The van der Waals surface area contributed by atoms with Crippen LogP contribution in [-0.4, -0.2) is 47.4 Å². The molecular formula is C80H157NO5. The van der Waals surface area contributed by atoms with E-state index in [0.717, 1.165) is 38.5 Å². The van der Waals surface area contributed by atoms with Gasteiger partial charge in [0.1, 0.15) is 0 Å². The predicted octanol–water partition coefficient (Wildman–Crippen LogP) is 26.3. The van der Waals surface area contributed by atoms with E-state index in [9.17, 15) is 19.8 Å². The van der Waals surface area contributed by atoms with Crippen molar-refractivity contribution in [1.29, 1.82) is 0 Å². The van der Waals surface area contributed by atoms with Crippen LogP contribution in [0.4, 0.5) is 0 Å². The number of hydrogen-bond acceptors (Lipinski definition) is 5. The summed E-state index contributed by atoms with van der Waals surface area (Å²) < 4.78 is 5.51. The minimum absolute atomic E-state index is 0.0230. The number of esters is 1. The molecule has 0 aliphatic rings. The Morgan fingerprint density at radius 3 is 0.826 bits per heavy atom. The van der Waals surface area contributed by atoms with Gasteiger partial charge in [-0.1, -0.05) is 411 Å². The quantitative estimate of drug-likeness (QED) is 0.0320. The number of amides is 1. The van der Waals surface area contributed by atoms with Crippen LogP contribution in [0.25, 0.3) is 0 Å². The molecule has 512 valence electrons. The Balaban J connectivity index is 3.34. The molecule has 0 aromatic heterocycles. The first-order chi connectivity index (χ1) is 42.5. The van der Waals surface area contributed by atoms with Crippen LogP contribution in [0.3, 0.4) is 0 Å². The fourth-order valence-corrected chi connectivity index (χ4v) is 13.0. The molecule has 0 spiro atoms. The van der Waals surface area contributed by atoms with Crippen LogP contribution < -0.4 is 5.32 Å². The Kier molecular flexibility index (Phi) is 74.8. The van der Waals surface area contributed by atoms with Crippen LogP contribution in [0.15, 0.2) is 12.2 Å². The van der Waals surface area contributed by atoms with Gasteiger partial charge in [-0.3, -0.25) is 9.59 Å². The van der Waals surface area contributed by atoms with Gasteiger partial charge in [0.15, 0.2) is 0 Å². The van der Waals surface area contributed by atoms with Gasteiger partial charge in [0, 0.05) is 12.8 Å². The summed E-state index contributed by atoms with van der Waals surface area (Å²) in [6.45, 7) is 5.02. The highest BCUT2D eigenvalue weighted by Crippen LogP contribution is 2.20. The number of nitrogens with one attached hydrogen (secondary N) is 1. The van der Waals surface area contributed by atoms with Gasteiger partial charge in [-0.05, 0) is 51.4 Å². The molecule has 6 heteroatoms. The molecule has 0 radical (unpaired) electrons. The van der Waals surface area contributed by atoms with Crippen molar-refractivity contribution in [2.24, 2.45) is 0 Å². The molecule has 0 aromatic carbocycles. The Hall–Kier alpha value is -1.40. The van der Waals surface area contributed by atoms with Crippen LogP contribution in [0.1, 0.15) is 463 Å². The molecule has 0 saturated carbocycles. The summed E-state index contributed by atoms with van der Waals surface area (Å²) >= 11 is 0. The van der Waals surface area contributed by atoms with Crippen molar-refractivity contribution in [3.8, 4) is 0 Å². The zero-order valence-corrected chi connectivity index (χ0v) is 58.8. The Morgan fingerprint density at radius 2 is 0.547 bits per heavy atom. The molecule has 86 heavy (non-hydrogen) atoms. The van der Waals surface area contributed by atoms with Crippen LogP contribution >= 0.6 is 0 Å². The van der Waals surface area contributed by atoms with Gasteiger partial charge in [-0.15, -0.1) is 0 Å². The Labute approximate surface area is 539 Å². The summed E-state index contributed by atoms with van der Waals surface area (Å²) in [7, 11) is 0. The van der Waals surface area contributed by atoms with E-state index >= 15 is 0 Å². The topological polar surface area (TPSA) is 95.9 Å². The highest BCUT2D eigenvalue weighted by atomic mass is 16.5. The van der Waals surface area contributed by atoms with E-state index in [0.29, 0.717) is 25.9 Å². The smallest absolute Gasteiger partial charge is 0.305 e. The van der Waals surface area contributed by atoms with Crippen LogP contribution in [0.5, 0.6) is 0 Å². The lowest BCUT2D eigenvalue weighted by molar-refractivity contribution is -0.143. The minimum Gasteiger partial charge on any atom is -0.466 e. The first-order valence-electron chi connectivity index (χ1n) is 39.9. The first-order valence-corrected chi connectivity index (χ1v) is 39.9. The molecule has 0 fully saturated rings. The van der Waals surface area contributed by atoms with E-state index in [1.165, 1.54) is 392 Å². The van der Waals surface area contributed by atoms with Crippen LogP contribution in [0, 0.1) is 0 Å².